The predicted molar refractivity (Wildman–Crippen MR) is 94.3 cm³/mol. The van der Waals surface area contributed by atoms with Crippen molar-refractivity contribution in [3.05, 3.63) is 5.92 Å². The molecule has 0 saturated carbocycles. The summed E-state index contributed by atoms with van der Waals surface area (Å²) in [6, 6.07) is 0. The molecule has 0 spiro atoms. The van der Waals surface area contributed by atoms with Crippen LogP contribution in [-0.4, -0.2) is 17.5 Å². The molecule has 2 unspecified atom stereocenters. The molecule has 0 bridgehead atoms. The molecule has 0 aliphatic heterocycles. The van der Waals surface area contributed by atoms with Gasteiger partial charge in [-0.2, -0.15) is 27.2 Å². The van der Waals surface area contributed by atoms with Gasteiger partial charge in [-0.05, 0) is 5.92 Å². The van der Waals surface area contributed by atoms with Gasteiger partial charge in [-0.15, -0.1) is 0 Å². The van der Waals surface area contributed by atoms with Crippen molar-refractivity contribution in [1.82, 2.24) is 0 Å². The van der Waals surface area contributed by atoms with Crippen LogP contribution in [0.15, 0.2) is 0 Å². The molecule has 0 aromatic heterocycles. The molecule has 6 heteroatoms. The molecule has 4 nitrogen and oxygen atoms in total. The zero-order valence-corrected chi connectivity index (χ0v) is 19.0. The van der Waals surface area contributed by atoms with Crippen molar-refractivity contribution in [2.24, 2.45) is 11.8 Å². The summed E-state index contributed by atoms with van der Waals surface area (Å²) in [5, 5.41) is 0. The first-order chi connectivity index (χ1) is 10.2. The van der Waals surface area contributed by atoms with E-state index in [1.165, 1.54) is 57.8 Å². The van der Waals surface area contributed by atoms with Gasteiger partial charge in [0.1, 0.15) is 0 Å². The van der Waals surface area contributed by atoms with Crippen LogP contribution in [0.1, 0.15) is 92.4 Å². The minimum atomic E-state index is -4.67. The first-order valence-electron chi connectivity index (χ1n) is 8.73. The van der Waals surface area contributed by atoms with Crippen LogP contribution in [-0.2, 0) is 10.4 Å². The first kappa shape index (κ1) is 28.7. The molecule has 2 atom stereocenters. The molecule has 136 valence electrons. The maximum absolute atomic E-state index is 8.74. The van der Waals surface area contributed by atoms with Crippen molar-refractivity contribution >= 4 is 10.4 Å². The molecule has 0 aliphatic rings. The van der Waals surface area contributed by atoms with Crippen LogP contribution in [0.3, 0.4) is 0 Å². The maximum atomic E-state index is 8.74. The van der Waals surface area contributed by atoms with E-state index in [4.69, 9.17) is 17.5 Å². The van der Waals surface area contributed by atoms with E-state index in [1.807, 2.05) is 0 Å². The van der Waals surface area contributed by atoms with Gasteiger partial charge in [-0.3, -0.25) is 9.11 Å². The molecule has 0 rings (SSSR count). The third-order valence-electron chi connectivity index (χ3n) is 4.40. The van der Waals surface area contributed by atoms with Crippen molar-refractivity contribution in [2.45, 2.75) is 92.4 Å². The molecule has 0 heterocycles. The minimum Gasteiger partial charge on any atom is -0.311 e. The topological polar surface area (TPSA) is 74.6 Å². The molecule has 0 saturated heterocycles. The second-order valence-electron chi connectivity index (χ2n) is 6.06. The van der Waals surface area contributed by atoms with Gasteiger partial charge in [-0.1, -0.05) is 79.6 Å². The summed E-state index contributed by atoms with van der Waals surface area (Å²) in [4.78, 5) is 0. The van der Waals surface area contributed by atoms with Crippen LogP contribution >= 0.6 is 0 Å². The van der Waals surface area contributed by atoms with Crippen LogP contribution in [0, 0.1) is 17.8 Å². The molecule has 0 fully saturated rings. The third kappa shape index (κ3) is 22.9. The zero-order valence-electron chi connectivity index (χ0n) is 16.1. The Kier molecular flexibility index (Phi) is 22.0. The second kappa shape index (κ2) is 17.7. The second-order valence-corrected chi connectivity index (χ2v) is 6.96. The Morgan fingerprint density at radius 1 is 0.913 bits per heavy atom. The average molecular weight is 361 g/mol. The quantitative estimate of drug-likeness (QED) is 0.337. The van der Waals surface area contributed by atoms with Crippen molar-refractivity contribution < 1.29 is 47.1 Å². The summed E-state index contributed by atoms with van der Waals surface area (Å²) >= 11 is 0. The van der Waals surface area contributed by atoms with Gasteiger partial charge in [0.25, 0.3) is 0 Å². The van der Waals surface area contributed by atoms with Gasteiger partial charge in [-0.25, -0.2) is 0 Å². The van der Waals surface area contributed by atoms with E-state index in [9.17, 15) is 0 Å². The van der Waals surface area contributed by atoms with Crippen LogP contribution < -0.4 is 29.6 Å². The van der Waals surface area contributed by atoms with Gasteiger partial charge in [0, 0.05) is 0 Å². The summed E-state index contributed by atoms with van der Waals surface area (Å²) in [5.41, 5.74) is 0. The summed E-state index contributed by atoms with van der Waals surface area (Å²) in [5.74, 6) is 3.62. The molecule has 0 aliphatic carbocycles. The Balaban J connectivity index is -0.000000578. The minimum absolute atomic E-state index is 0. The van der Waals surface area contributed by atoms with Gasteiger partial charge in [0.2, 0.25) is 0 Å². The number of hydrogen-bond acceptors (Lipinski definition) is 2. The molecular formula is C17H37NaO4S. The molecule has 0 amide bonds. The zero-order chi connectivity index (χ0) is 17.6. The monoisotopic (exact) mass is 360 g/mol. The Morgan fingerprint density at radius 3 is 1.70 bits per heavy atom. The van der Waals surface area contributed by atoms with E-state index in [0.29, 0.717) is 0 Å². The van der Waals surface area contributed by atoms with Crippen LogP contribution in [0.5, 0.6) is 0 Å². The number of unbranched alkanes of at least 4 members (excludes halogenated alkanes) is 1. The number of rotatable bonds is 11. The van der Waals surface area contributed by atoms with E-state index >= 15 is 0 Å². The van der Waals surface area contributed by atoms with Crippen LogP contribution in [0.4, 0.5) is 0 Å². The molecule has 0 radical (unpaired) electrons. The van der Waals surface area contributed by atoms with Crippen LogP contribution in [0.25, 0.3) is 0 Å². The van der Waals surface area contributed by atoms with E-state index in [1.54, 1.807) is 5.92 Å². The summed E-state index contributed by atoms with van der Waals surface area (Å²) in [6.45, 7) is 11.7. The molecular weight excluding hydrogens is 323 g/mol. The molecule has 23 heavy (non-hydrogen) atoms. The summed E-state index contributed by atoms with van der Waals surface area (Å²) in [7, 11) is -4.67. The van der Waals surface area contributed by atoms with Gasteiger partial charge >= 0.3 is 40.0 Å². The van der Waals surface area contributed by atoms with Crippen LogP contribution in [0.2, 0.25) is 0 Å². The summed E-state index contributed by atoms with van der Waals surface area (Å²) in [6.07, 6.45) is 12.5. The third-order valence-corrected chi connectivity index (χ3v) is 4.40. The van der Waals surface area contributed by atoms with Crippen molar-refractivity contribution in [3.8, 4) is 0 Å². The Morgan fingerprint density at radius 2 is 1.35 bits per heavy atom. The van der Waals surface area contributed by atoms with Crippen molar-refractivity contribution in [1.29, 1.82) is 0 Å². The van der Waals surface area contributed by atoms with E-state index < -0.39 is 10.4 Å². The first-order valence-corrected chi connectivity index (χ1v) is 10.1. The smallest absolute Gasteiger partial charge is 0.311 e. The SMILES string of the molecule is CCCCC(CC)CCCC(C)[C-](CC)CC.O=S(=O)(O)O.[Na+]. The van der Waals surface area contributed by atoms with Crippen molar-refractivity contribution in [2.75, 3.05) is 0 Å². The van der Waals surface area contributed by atoms with Gasteiger partial charge in [0.15, 0.2) is 0 Å². The Hall–Kier alpha value is 0.870. The summed E-state index contributed by atoms with van der Waals surface area (Å²) < 4.78 is 31.6. The molecule has 0 aromatic rings. The average Bonchev–Trinajstić information content (AvgIpc) is 2.42. The largest absolute Gasteiger partial charge is 1.00 e. The van der Waals surface area contributed by atoms with Gasteiger partial charge in [0.05, 0.1) is 0 Å². The number of hydrogen-bond donors (Lipinski definition) is 2. The Bertz CT molecular complexity index is 321. The van der Waals surface area contributed by atoms with E-state index in [0.717, 1.165) is 11.8 Å². The van der Waals surface area contributed by atoms with E-state index in [2.05, 4.69) is 34.6 Å². The molecule has 2 N–H and O–H groups in total. The van der Waals surface area contributed by atoms with Gasteiger partial charge < -0.3 is 5.92 Å². The fraction of sp³-hybridized carbons (Fsp3) is 0.941. The normalized spacial score (nSPS) is 13.7. The van der Waals surface area contributed by atoms with Crippen molar-refractivity contribution in [3.63, 3.8) is 0 Å². The molecule has 0 aromatic carbocycles. The predicted octanol–water partition coefficient (Wildman–Crippen LogP) is 2.75. The fourth-order valence-electron chi connectivity index (χ4n) is 2.91. The fourth-order valence-corrected chi connectivity index (χ4v) is 2.91. The maximum Gasteiger partial charge on any atom is 1.00 e. The van der Waals surface area contributed by atoms with E-state index in [-0.39, 0.29) is 29.6 Å². The Labute approximate surface area is 167 Å². The standard InChI is InChI=1S/C17H35.Na.H2O4S/c1-6-10-13-16(7-2)14-11-12-15(5)17(8-3)9-4;;1-5(2,3)4/h15-16H,6-14H2,1-5H3;;(H2,1,2,3,4)/q-1;+1;.